The number of carbonyl (C=O) groups excluding carboxylic acids is 3. The molecule has 6 nitrogen and oxygen atoms in total. The Hall–Kier alpha value is -2.37. The average molecular weight is 970 g/mol. The van der Waals surface area contributed by atoms with Crippen LogP contribution in [0.15, 0.2) is 36.5 Å². The number of hydrogen-bond acceptors (Lipinski definition) is 6. The first-order valence-electron chi connectivity index (χ1n) is 30.5. The molecule has 0 fully saturated rings. The zero-order chi connectivity index (χ0) is 50.0. The number of ether oxygens (including phenoxy) is 3. The fraction of sp³-hybridized carbons (Fsp3) is 0.857. The van der Waals surface area contributed by atoms with Gasteiger partial charge < -0.3 is 14.2 Å². The molecule has 0 saturated heterocycles. The first-order chi connectivity index (χ1) is 34.0. The Morgan fingerprint density at radius 1 is 0.290 bits per heavy atom. The summed E-state index contributed by atoms with van der Waals surface area (Å²) in [6.07, 6.45) is 69.9. The van der Waals surface area contributed by atoms with Gasteiger partial charge in [0.15, 0.2) is 6.10 Å². The summed E-state index contributed by atoms with van der Waals surface area (Å²) in [5, 5.41) is 0. The Bertz CT molecular complexity index is 1160. The maximum Gasteiger partial charge on any atom is 0.306 e. The predicted molar refractivity (Wildman–Crippen MR) is 298 cm³/mol. The van der Waals surface area contributed by atoms with E-state index < -0.39 is 6.10 Å². The first kappa shape index (κ1) is 66.6. The van der Waals surface area contributed by atoms with Gasteiger partial charge in [-0.3, -0.25) is 14.4 Å². The highest BCUT2D eigenvalue weighted by molar-refractivity contribution is 5.71. The minimum Gasteiger partial charge on any atom is -0.462 e. The summed E-state index contributed by atoms with van der Waals surface area (Å²) >= 11 is 0. The number of hydrogen-bond donors (Lipinski definition) is 0. The van der Waals surface area contributed by atoms with Gasteiger partial charge in [-0.15, -0.1) is 0 Å². The van der Waals surface area contributed by atoms with Crippen LogP contribution in [0.4, 0.5) is 0 Å². The number of rotatable bonds is 56. The summed E-state index contributed by atoms with van der Waals surface area (Å²) in [5.74, 6) is -0.860. The molecule has 404 valence electrons. The van der Waals surface area contributed by atoms with Crippen LogP contribution >= 0.6 is 0 Å². The molecule has 0 aliphatic carbocycles. The topological polar surface area (TPSA) is 78.9 Å². The Balaban J connectivity index is 4.29. The zero-order valence-electron chi connectivity index (χ0n) is 46.3. The van der Waals surface area contributed by atoms with Gasteiger partial charge >= 0.3 is 17.9 Å². The molecular formula is C63H116O6. The van der Waals surface area contributed by atoms with Gasteiger partial charge in [-0.2, -0.15) is 0 Å². The van der Waals surface area contributed by atoms with E-state index in [4.69, 9.17) is 14.2 Å². The van der Waals surface area contributed by atoms with Crippen molar-refractivity contribution in [3.63, 3.8) is 0 Å². The van der Waals surface area contributed by atoms with Gasteiger partial charge in [-0.05, 0) is 77.0 Å². The van der Waals surface area contributed by atoms with Gasteiger partial charge in [-0.1, -0.05) is 269 Å². The van der Waals surface area contributed by atoms with Crippen molar-refractivity contribution in [3.8, 4) is 0 Å². The average Bonchev–Trinajstić information content (AvgIpc) is 3.35. The van der Waals surface area contributed by atoms with Gasteiger partial charge in [0.25, 0.3) is 0 Å². The Labute approximate surface area is 429 Å². The van der Waals surface area contributed by atoms with Crippen LogP contribution < -0.4 is 0 Å². The van der Waals surface area contributed by atoms with E-state index in [2.05, 4.69) is 57.2 Å². The molecule has 6 heteroatoms. The zero-order valence-corrected chi connectivity index (χ0v) is 46.3. The van der Waals surface area contributed by atoms with E-state index in [-0.39, 0.29) is 31.1 Å². The molecule has 0 unspecified atom stereocenters. The van der Waals surface area contributed by atoms with E-state index in [1.54, 1.807) is 0 Å². The third kappa shape index (κ3) is 56.4. The van der Waals surface area contributed by atoms with E-state index in [9.17, 15) is 14.4 Å². The lowest BCUT2D eigenvalue weighted by Gasteiger charge is -2.18. The number of allylic oxidation sites excluding steroid dienone is 6. The molecule has 0 amide bonds. The molecule has 69 heavy (non-hydrogen) atoms. The largest absolute Gasteiger partial charge is 0.462 e. The molecule has 0 heterocycles. The van der Waals surface area contributed by atoms with Crippen LogP contribution in [0.5, 0.6) is 0 Å². The third-order valence-corrected chi connectivity index (χ3v) is 13.6. The Morgan fingerprint density at radius 3 is 0.841 bits per heavy atom. The molecule has 0 rings (SSSR count). The molecule has 0 aliphatic heterocycles. The lowest BCUT2D eigenvalue weighted by molar-refractivity contribution is -0.167. The highest BCUT2D eigenvalue weighted by atomic mass is 16.6. The maximum atomic E-state index is 12.9. The van der Waals surface area contributed by atoms with Crippen molar-refractivity contribution in [2.24, 2.45) is 0 Å². The summed E-state index contributed by atoms with van der Waals surface area (Å²) in [7, 11) is 0. The minimum absolute atomic E-state index is 0.0711. The molecule has 0 spiro atoms. The van der Waals surface area contributed by atoms with Crippen LogP contribution in [-0.4, -0.2) is 37.2 Å². The van der Waals surface area contributed by atoms with Gasteiger partial charge in [-0.25, -0.2) is 0 Å². The fourth-order valence-electron chi connectivity index (χ4n) is 9.00. The van der Waals surface area contributed by atoms with E-state index in [0.717, 1.165) is 70.6 Å². The van der Waals surface area contributed by atoms with Crippen LogP contribution in [-0.2, 0) is 28.6 Å². The maximum absolute atomic E-state index is 12.9. The Morgan fingerprint density at radius 2 is 0.522 bits per heavy atom. The molecule has 0 aromatic carbocycles. The fourth-order valence-corrected chi connectivity index (χ4v) is 9.00. The van der Waals surface area contributed by atoms with Crippen molar-refractivity contribution in [1.29, 1.82) is 0 Å². The van der Waals surface area contributed by atoms with Crippen molar-refractivity contribution in [2.75, 3.05) is 13.2 Å². The van der Waals surface area contributed by atoms with Gasteiger partial charge in [0.1, 0.15) is 13.2 Å². The van der Waals surface area contributed by atoms with Crippen molar-refractivity contribution in [3.05, 3.63) is 36.5 Å². The minimum atomic E-state index is -0.772. The standard InChI is InChI=1S/C63H116O6/c1-4-7-10-13-16-19-22-25-27-29-30-31-32-34-36-39-41-44-47-50-53-56-62(65)68-59-60(69-63(66)57-54-51-48-45-42-37-24-21-18-15-12-9-6-3)58-67-61(64)55-52-49-46-43-40-38-35-33-28-26-23-20-17-14-11-8-5-2/h17,20,25-28,60H,4-16,18-19,21-24,29-59H2,1-3H3/b20-17-,27-25-,28-26-/t60-/m1/s1. The number of carbonyl (C=O) groups is 3. The summed E-state index contributed by atoms with van der Waals surface area (Å²) in [4.78, 5) is 38.2. The third-order valence-electron chi connectivity index (χ3n) is 13.6. The summed E-state index contributed by atoms with van der Waals surface area (Å²) < 4.78 is 16.9. The van der Waals surface area contributed by atoms with Crippen LogP contribution in [0.1, 0.15) is 329 Å². The quantitative estimate of drug-likeness (QED) is 0.0261. The van der Waals surface area contributed by atoms with E-state index >= 15 is 0 Å². The SMILES string of the molecule is CCCCC/C=C\C/C=C\CCCCCCCCCC(=O)OC[C@H](COC(=O)CCCCCCCCCCCCC/C=C\CCCCCCCC)OC(=O)CCCCCCCCCCCCCCC. The van der Waals surface area contributed by atoms with E-state index in [0.29, 0.717) is 19.3 Å². The van der Waals surface area contributed by atoms with Crippen LogP contribution in [0.2, 0.25) is 0 Å². The molecule has 0 aromatic rings. The number of unbranched alkanes of at least 4 members (excludes halogenated alkanes) is 39. The monoisotopic (exact) mass is 969 g/mol. The summed E-state index contributed by atoms with van der Waals surface area (Å²) in [6.45, 7) is 6.65. The molecule has 1 atom stereocenters. The first-order valence-corrected chi connectivity index (χ1v) is 30.5. The lowest BCUT2D eigenvalue weighted by atomic mass is 10.0. The molecule has 0 bridgehead atoms. The van der Waals surface area contributed by atoms with Crippen LogP contribution in [0.3, 0.4) is 0 Å². The smallest absolute Gasteiger partial charge is 0.306 e. The van der Waals surface area contributed by atoms with Gasteiger partial charge in [0, 0.05) is 19.3 Å². The van der Waals surface area contributed by atoms with Gasteiger partial charge in [0.2, 0.25) is 0 Å². The van der Waals surface area contributed by atoms with E-state index in [1.807, 2.05) is 0 Å². The van der Waals surface area contributed by atoms with Crippen molar-refractivity contribution >= 4 is 17.9 Å². The normalized spacial score (nSPS) is 12.2. The molecular weight excluding hydrogens is 853 g/mol. The predicted octanol–water partition coefficient (Wildman–Crippen LogP) is 20.4. The molecule has 0 N–H and O–H groups in total. The molecule has 0 aromatic heterocycles. The highest BCUT2D eigenvalue weighted by Gasteiger charge is 2.19. The molecule has 0 aliphatic rings. The number of esters is 3. The summed E-state index contributed by atoms with van der Waals surface area (Å²) in [5.41, 5.74) is 0. The van der Waals surface area contributed by atoms with Gasteiger partial charge in [0.05, 0.1) is 0 Å². The van der Waals surface area contributed by atoms with Crippen molar-refractivity contribution in [2.45, 2.75) is 335 Å². The lowest BCUT2D eigenvalue weighted by Crippen LogP contribution is -2.30. The van der Waals surface area contributed by atoms with Crippen molar-refractivity contribution < 1.29 is 28.6 Å². The van der Waals surface area contributed by atoms with Crippen molar-refractivity contribution in [1.82, 2.24) is 0 Å². The molecule has 0 radical (unpaired) electrons. The van der Waals surface area contributed by atoms with E-state index in [1.165, 1.54) is 218 Å². The Kier molecular flexibility index (Phi) is 56.2. The second-order valence-electron chi connectivity index (χ2n) is 20.6. The highest BCUT2D eigenvalue weighted by Crippen LogP contribution is 2.17. The summed E-state index contributed by atoms with van der Waals surface area (Å²) in [6, 6.07) is 0. The second-order valence-corrected chi connectivity index (χ2v) is 20.6. The molecule has 0 saturated carbocycles. The second kappa shape index (κ2) is 58.2. The van der Waals surface area contributed by atoms with Crippen LogP contribution in [0, 0.1) is 0 Å². The van der Waals surface area contributed by atoms with Crippen LogP contribution in [0.25, 0.3) is 0 Å².